The molecule has 1 rings (SSSR count). The van der Waals surface area contributed by atoms with Crippen LogP contribution in [0.1, 0.15) is 62.2 Å². The van der Waals surface area contributed by atoms with Gasteiger partial charge in [0.25, 0.3) is 0 Å². The third-order valence-electron chi connectivity index (χ3n) is 2.85. The molecule has 0 fully saturated rings. The molecule has 0 aliphatic carbocycles. The number of unbranched alkanes of at least 4 members (excludes halogenated alkanes) is 5. The molecule has 0 radical (unpaired) electrons. The molecule has 90 valence electrons. The van der Waals surface area contributed by atoms with Crippen LogP contribution in [0.3, 0.4) is 0 Å². The molecule has 1 aromatic rings. The number of carbonyl (C=O) groups excluding carboxylic acids is 1. The molecule has 0 N–H and O–H groups in total. The van der Waals surface area contributed by atoms with Gasteiger partial charge in [-0.3, -0.25) is 4.79 Å². The first kappa shape index (κ1) is 16.9. The summed E-state index contributed by atoms with van der Waals surface area (Å²) in [6.07, 6.45) is 8.13. The SMILES string of the molecule is CCCCCCCCC(=O)c1ccccc1.[NaH]. The first-order chi connectivity index (χ1) is 7.84. The summed E-state index contributed by atoms with van der Waals surface area (Å²) in [4.78, 5) is 11.7. The number of hydrogen-bond acceptors (Lipinski definition) is 1. The second-order valence-electron chi connectivity index (χ2n) is 4.31. The van der Waals surface area contributed by atoms with Gasteiger partial charge < -0.3 is 0 Å². The average molecular weight is 242 g/mol. The number of hydrogen-bond donors (Lipinski definition) is 0. The van der Waals surface area contributed by atoms with Crippen molar-refractivity contribution < 1.29 is 4.79 Å². The van der Waals surface area contributed by atoms with Crippen LogP contribution < -0.4 is 0 Å². The van der Waals surface area contributed by atoms with Crippen molar-refractivity contribution in [3.63, 3.8) is 0 Å². The van der Waals surface area contributed by atoms with Crippen molar-refractivity contribution in [3.8, 4) is 0 Å². The van der Waals surface area contributed by atoms with E-state index in [1.54, 1.807) is 0 Å². The maximum absolute atomic E-state index is 11.7. The normalized spacial score (nSPS) is 9.71. The van der Waals surface area contributed by atoms with E-state index in [2.05, 4.69) is 6.92 Å². The Morgan fingerprint density at radius 3 is 2.18 bits per heavy atom. The van der Waals surface area contributed by atoms with Gasteiger partial charge in [-0.1, -0.05) is 69.4 Å². The summed E-state index contributed by atoms with van der Waals surface area (Å²) in [6.45, 7) is 2.22. The summed E-state index contributed by atoms with van der Waals surface area (Å²) in [5, 5.41) is 0. The molecule has 0 heterocycles. The van der Waals surface area contributed by atoms with E-state index in [4.69, 9.17) is 0 Å². The minimum absolute atomic E-state index is 0. The molecule has 17 heavy (non-hydrogen) atoms. The Hall–Kier alpha value is -0.110. The predicted octanol–water partition coefficient (Wildman–Crippen LogP) is 3.97. The van der Waals surface area contributed by atoms with E-state index in [0.29, 0.717) is 6.42 Å². The van der Waals surface area contributed by atoms with E-state index in [9.17, 15) is 4.79 Å². The number of carbonyl (C=O) groups is 1. The van der Waals surface area contributed by atoms with Crippen LogP contribution in [0.2, 0.25) is 0 Å². The zero-order valence-corrected chi connectivity index (χ0v) is 10.2. The van der Waals surface area contributed by atoms with E-state index in [1.807, 2.05) is 30.3 Å². The van der Waals surface area contributed by atoms with Crippen molar-refractivity contribution in [1.29, 1.82) is 0 Å². The quantitative estimate of drug-likeness (QED) is 0.383. The van der Waals surface area contributed by atoms with E-state index in [-0.39, 0.29) is 35.3 Å². The van der Waals surface area contributed by atoms with E-state index >= 15 is 0 Å². The first-order valence-corrected chi connectivity index (χ1v) is 6.43. The Morgan fingerprint density at radius 1 is 0.941 bits per heavy atom. The molecule has 0 unspecified atom stereocenters. The third kappa shape index (κ3) is 7.75. The van der Waals surface area contributed by atoms with Gasteiger partial charge in [-0.05, 0) is 6.42 Å². The molecule has 1 aromatic carbocycles. The van der Waals surface area contributed by atoms with Crippen molar-refractivity contribution in [2.75, 3.05) is 0 Å². The molecule has 0 atom stereocenters. The van der Waals surface area contributed by atoms with E-state index in [0.717, 1.165) is 12.0 Å². The topological polar surface area (TPSA) is 17.1 Å². The van der Waals surface area contributed by atoms with E-state index < -0.39 is 0 Å². The molecule has 0 saturated heterocycles. The average Bonchev–Trinajstić information content (AvgIpc) is 2.34. The van der Waals surface area contributed by atoms with Crippen molar-refractivity contribution >= 4 is 35.3 Å². The summed E-state index contributed by atoms with van der Waals surface area (Å²) in [7, 11) is 0. The van der Waals surface area contributed by atoms with Crippen LogP contribution in [0, 0.1) is 0 Å². The fraction of sp³-hybridized carbons (Fsp3) is 0.533. The summed E-state index contributed by atoms with van der Waals surface area (Å²) in [5.74, 6) is 0.288. The Morgan fingerprint density at radius 2 is 1.53 bits per heavy atom. The summed E-state index contributed by atoms with van der Waals surface area (Å²) in [5.41, 5.74) is 0.857. The molecule has 2 heteroatoms. The van der Waals surface area contributed by atoms with Gasteiger partial charge in [0.05, 0.1) is 0 Å². The van der Waals surface area contributed by atoms with Gasteiger partial charge in [0, 0.05) is 12.0 Å². The Labute approximate surface area is 127 Å². The van der Waals surface area contributed by atoms with Crippen molar-refractivity contribution in [1.82, 2.24) is 0 Å². The number of benzene rings is 1. The molecule has 0 spiro atoms. The van der Waals surface area contributed by atoms with Crippen LogP contribution in [-0.2, 0) is 0 Å². The van der Waals surface area contributed by atoms with Crippen LogP contribution in [0.25, 0.3) is 0 Å². The summed E-state index contributed by atoms with van der Waals surface area (Å²) in [6, 6.07) is 9.60. The van der Waals surface area contributed by atoms with Crippen LogP contribution >= 0.6 is 0 Å². The fourth-order valence-electron chi connectivity index (χ4n) is 1.83. The Kier molecular flexibility index (Phi) is 10.9. The zero-order valence-electron chi connectivity index (χ0n) is 10.2. The molecular formula is C15H23NaO. The third-order valence-corrected chi connectivity index (χ3v) is 2.85. The van der Waals surface area contributed by atoms with E-state index in [1.165, 1.54) is 32.1 Å². The van der Waals surface area contributed by atoms with Crippen LogP contribution in [0.15, 0.2) is 30.3 Å². The van der Waals surface area contributed by atoms with Crippen LogP contribution in [0.5, 0.6) is 0 Å². The van der Waals surface area contributed by atoms with Crippen molar-refractivity contribution in [3.05, 3.63) is 35.9 Å². The number of rotatable bonds is 8. The number of ketones is 1. The monoisotopic (exact) mass is 242 g/mol. The maximum atomic E-state index is 11.7. The van der Waals surface area contributed by atoms with Gasteiger partial charge in [0.2, 0.25) is 0 Å². The minimum atomic E-state index is 0. The molecule has 0 aliphatic rings. The summed E-state index contributed by atoms with van der Waals surface area (Å²) < 4.78 is 0. The Balaban J connectivity index is 0.00000256. The van der Waals surface area contributed by atoms with Gasteiger partial charge in [-0.25, -0.2) is 0 Å². The fourth-order valence-corrected chi connectivity index (χ4v) is 1.83. The molecule has 0 bridgehead atoms. The second-order valence-corrected chi connectivity index (χ2v) is 4.31. The summed E-state index contributed by atoms with van der Waals surface area (Å²) >= 11 is 0. The van der Waals surface area contributed by atoms with Crippen molar-refractivity contribution in [2.24, 2.45) is 0 Å². The van der Waals surface area contributed by atoms with Gasteiger partial charge in [-0.2, -0.15) is 0 Å². The number of Topliss-reactive ketones (excluding diaryl/α,β-unsaturated/α-hetero) is 1. The van der Waals surface area contributed by atoms with Crippen LogP contribution in [-0.4, -0.2) is 35.3 Å². The van der Waals surface area contributed by atoms with Gasteiger partial charge >= 0.3 is 29.6 Å². The molecule has 0 aromatic heterocycles. The zero-order chi connectivity index (χ0) is 11.6. The molecule has 0 aliphatic heterocycles. The van der Waals surface area contributed by atoms with Gasteiger partial charge in [0.1, 0.15) is 0 Å². The van der Waals surface area contributed by atoms with Crippen LogP contribution in [0.4, 0.5) is 0 Å². The van der Waals surface area contributed by atoms with Gasteiger partial charge in [-0.15, -0.1) is 0 Å². The molecule has 0 amide bonds. The Bertz CT molecular complexity index is 295. The molecule has 1 nitrogen and oxygen atoms in total. The second kappa shape index (κ2) is 11.0. The standard InChI is InChI=1S/C15H22O.Na.H/c1-2-3-4-5-6-10-13-15(16)14-11-8-7-9-12-14;;/h7-9,11-12H,2-6,10,13H2,1H3;;. The molecular weight excluding hydrogens is 219 g/mol. The van der Waals surface area contributed by atoms with Gasteiger partial charge in [0.15, 0.2) is 5.78 Å². The van der Waals surface area contributed by atoms with Crippen molar-refractivity contribution in [2.45, 2.75) is 51.9 Å². The predicted molar refractivity (Wildman–Crippen MR) is 75.9 cm³/mol. The molecule has 0 saturated carbocycles. The first-order valence-electron chi connectivity index (χ1n) is 6.43.